The first-order valence-electron chi connectivity index (χ1n) is 10.0. The van der Waals surface area contributed by atoms with Crippen molar-refractivity contribution in [2.24, 2.45) is 5.92 Å². The molecule has 12 heteroatoms. The fraction of sp³-hybridized carbons (Fsp3) is 0.333. The number of nitrogens with one attached hydrogen (secondary N) is 2. The summed E-state index contributed by atoms with van der Waals surface area (Å²) in [5, 5.41) is 2.64. The van der Waals surface area contributed by atoms with E-state index in [4.69, 9.17) is 9.47 Å². The molecule has 0 saturated carbocycles. The lowest BCUT2D eigenvalue weighted by atomic mass is 10.1. The van der Waals surface area contributed by atoms with Crippen LogP contribution in [0.15, 0.2) is 47.4 Å². The molecular formula is C21H24N4O6S2. The maximum atomic E-state index is 12.9. The van der Waals surface area contributed by atoms with E-state index in [0.717, 1.165) is 17.3 Å². The highest BCUT2D eigenvalue weighted by atomic mass is 32.2. The van der Waals surface area contributed by atoms with Gasteiger partial charge in [-0.25, -0.2) is 8.42 Å². The number of esters is 1. The molecule has 0 saturated heterocycles. The standard InChI is InChI=1S/C21H24N4O6S2/c1-13(2)19(25-33(28,29)17-6-4-5-16-20(17)24-32-23-16)21(27)31-12-18(26)22-11-14-7-9-15(30-3)10-8-14/h4-10,13,19,25H,11-12H2,1-3H3,(H,22,26)/t19-/m0/s1. The fourth-order valence-corrected chi connectivity index (χ4v) is 5.01. The van der Waals surface area contributed by atoms with Crippen molar-refractivity contribution < 1.29 is 27.5 Å². The average Bonchev–Trinajstić information content (AvgIpc) is 3.28. The summed E-state index contributed by atoms with van der Waals surface area (Å²) in [6.07, 6.45) is 0. The first kappa shape index (κ1) is 24.6. The second-order valence-electron chi connectivity index (χ2n) is 7.46. The molecule has 0 aliphatic heterocycles. The van der Waals surface area contributed by atoms with Crippen LogP contribution >= 0.6 is 11.7 Å². The van der Waals surface area contributed by atoms with Crippen molar-refractivity contribution in [3.63, 3.8) is 0 Å². The average molecular weight is 493 g/mol. The van der Waals surface area contributed by atoms with Crippen molar-refractivity contribution in [1.29, 1.82) is 0 Å². The summed E-state index contributed by atoms with van der Waals surface area (Å²) in [7, 11) is -2.53. The zero-order valence-corrected chi connectivity index (χ0v) is 19.9. The SMILES string of the molecule is COc1ccc(CNC(=O)COC(=O)[C@@H](NS(=O)(=O)c2cccc3nsnc23)C(C)C)cc1. The Hall–Kier alpha value is -3.09. The van der Waals surface area contributed by atoms with Gasteiger partial charge in [0.25, 0.3) is 5.91 Å². The number of nitrogens with zero attached hydrogens (tertiary/aromatic N) is 2. The number of hydrogen-bond donors (Lipinski definition) is 2. The number of carbonyl (C=O) groups excluding carboxylic acids is 2. The Kier molecular flexibility index (Phi) is 7.95. The van der Waals surface area contributed by atoms with E-state index in [1.807, 2.05) is 0 Å². The van der Waals surface area contributed by atoms with Gasteiger partial charge in [0.15, 0.2) is 6.61 Å². The minimum absolute atomic E-state index is 0.0792. The summed E-state index contributed by atoms with van der Waals surface area (Å²) in [5.74, 6) is -1.09. The predicted molar refractivity (Wildman–Crippen MR) is 122 cm³/mol. The first-order valence-corrected chi connectivity index (χ1v) is 12.2. The number of benzene rings is 2. The highest BCUT2D eigenvalue weighted by Gasteiger charge is 2.31. The second-order valence-corrected chi connectivity index (χ2v) is 9.67. The van der Waals surface area contributed by atoms with Gasteiger partial charge >= 0.3 is 5.97 Å². The molecule has 0 fully saturated rings. The van der Waals surface area contributed by atoms with Crippen LogP contribution in [0.5, 0.6) is 5.75 Å². The van der Waals surface area contributed by atoms with Crippen LogP contribution < -0.4 is 14.8 Å². The molecule has 3 rings (SSSR count). The minimum atomic E-state index is -4.09. The van der Waals surface area contributed by atoms with Crippen LogP contribution in [0.4, 0.5) is 0 Å². The van der Waals surface area contributed by atoms with Gasteiger partial charge < -0.3 is 14.8 Å². The summed E-state index contributed by atoms with van der Waals surface area (Å²) < 4.78 is 46.5. The van der Waals surface area contributed by atoms with Gasteiger partial charge in [0, 0.05) is 6.54 Å². The number of carbonyl (C=O) groups is 2. The van der Waals surface area contributed by atoms with Crippen LogP contribution in [-0.2, 0) is 30.9 Å². The van der Waals surface area contributed by atoms with Crippen molar-refractivity contribution in [2.75, 3.05) is 13.7 Å². The van der Waals surface area contributed by atoms with E-state index >= 15 is 0 Å². The van der Waals surface area contributed by atoms with E-state index in [9.17, 15) is 18.0 Å². The van der Waals surface area contributed by atoms with Crippen LogP contribution in [0.25, 0.3) is 11.0 Å². The number of ether oxygens (including phenoxy) is 2. The normalized spacial score (nSPS) is 12.5. The third-order valence-corrected chi connectivity index (χ3v) is 6.75. The van der Waals surface area contributed by atoms with E-state index in [1.165, 1.54) is 6.07 Å². The van der Waals surface area contributed by atoms with Crippen LogP contribution in [0.3, 0.4) is 0 Å². The minimum Gasteiger partial charge on any atom is -0.497 e. The Morgan fingerprint density at radius 3 is 2.48 bits per heavy atom. The quantitative estimate of drug-likeness (QED) is 0.409. The van der Waals surface area contributed by atoms with Crippen molar-refractivity contribution in [2.45, 2.75) is 31.3 Å². The second kappa shape index (κ2) is 10.7. The molecule has 3 aromatic rings. The molecule has 0 bridgehead atoms. The van der Waals surface area contributed by atoms with Gasteiger partial charge in [0.1, 0.15) is 27.7 Å². The maximum absolute atomic E-state index is 12.9. The van der Waals surface area contributed by atoms with E-state index in [0.29, 0.717) is 11.3 Å². The molecule has 0 aliphatic rings. The third-order valence-electron chi connectivity index (χ3n) is 4.74. The smallest absolute Gasteiger partial charge is 0.324 e. The summed E-state index contributed by atoms with van der Waals surface area (Å²) >= 11 is 0.896. The molecule has 1 aromatic heterocycles. The van der Waals surface area contributed by atoms with Crippen LogP contribution in [0.2, 0.25) is 0 Å². The van der Waals surface area contributed by atoms with Crippen LogP contribution in [0.1, 0.15) is 19.4 Å². The summed E-state index contributed by atoms with van der Waals surface area (Å²) in [4.78, 5) is 24.6. The van der Waals surface area contributed by atoms with Crippen molar-refractivity contribution >= 4 is 44.7 Å². The van der Waals surface area contributed by atoms with Gasteiger partial charge in [-0.3, -0.25) is 9.59 Å². The molecule has 1 heterocycles. The van der Waals surface area contributed by atoms with Gasteiger partial charge in [0.2, 0.25) is 10.0 Å². The molecule has 0 unspecified atom stereocenters. The molecular weight excluding hydrogens is 468 g/mol. The van der Waals surface area contributed by atoms with Crippen LogP contribution in [0, 0.1) is 5.92 Å². The van der Waals surface area contributed by atoms with Crippen molar-refractivity contribution in [3.05, 3.63) is 48.0 Å². The Morgan fingerprint density at radius 1 is 1.09 bits per heavy atom. The molecule has 176 valence electrons. The third kappa shape index (κ3) is 6.24. The number of hydrogen-bond acceptors (Lipinski definition) is 9. The maximum Gasteiger partial charge on any atom is 0.324 e. The highest BCUT2D eigenvalue weighted by Crippen LogP contribution is 2.22. The molecule has 0 aliphatic carbocycles. The molecule has 0 spiro atoms. The molecule has 2 N–H and O–H groups in total. The van der Waals surface area contributed by atoms with Gasteiger partial charge in [0.05, 0.1) is 18.8 Å². The monoisotopic (exact) mass is 492 g/mol. The zero-order valence-electron chi connectivity index (χ0n) is 18.3. The molecule has 10 nitrogen and oxygen atoms in total. The van der Waals surface area contributed by atoms with E-state index < -0.39 is 40.5 Å². The van der Waals surface area contributed by atoms with Crippen molar-refractivity contribution in [3.8, 4) is 5.75 Å². The Morgan fingerprint density at radius 2 is 1.82 bits per heavy atom. The molecule has 1 amide bonds. The molecule has 2 aromatic carbocycles. The van der Waals surface area contributed by atoms with E-state index in [-0.39, 0.29) is 17.0 Å². The number of rotatable bonds is 10. The Bertz CT molecular complexity index is 1230. The Labute approximate surface area is 195 Å². The lowest BCUT2D eigenvalue weighted by Crippen LogP contribution is -2.46. The molecule has 1 atom stereocenters. The summed E-state index contributed by atoms with van der Waals surface area (Å²) in [6, 6.07) is 10.5. The number of fused-ring (bicyclic) bond motifs is 1. The highest BCUT2D eigenvalue weighted by molar-refractivity contribution is 7.89. The number of aromatic nitrogens is 2. The largest absolute Gasteiger partial charge is 0.497 e. The summed E-state index contributed by atoms with van der Waals surface area (Å²) in [6.45, 7) is 3.05. The number of sulfonamides is 1. The molecule has 33 heavy (non-hydrogen) atoms. The van der Waals surface area contributed by atoms with Crippen molar-refractivity contribution in [1.82, 2.24) is 18.8 Å². The van der Waals surface area contributed by atoms with Gasteiger partial charge in [-0.2, -0.15) is 13.5 Å². The van der Waals surface area contributed by atoms with E-state index in [2.05, 4.69) is 18.8 Å². The predicted octanol–water partition coefficient (Wildman–Crippen LogP) is 1.86. The fourth-order valence-electron chi connectivity index (χ4n) is 2.91. The number of amides is 1. The van der Waals surface area contributed by atoms with Crippen LogP contribution in [-0.4, -0.2) is 48.8 Å². The van der Waals surface area contributed by atoms with Gasteiger partial charge in [-0.1, -0.05) is 32.0 Å². The Balaban J connectivity index is 1.59. The molecule has 0 radical (unpaired) electrons. The lowest BCUT2D eigenvalue weighted by molar-refractivity contribution is -0.151. The number of methoxy groups -OCH3 is 1. The topological polar surface area (TPSA) is 137 Å². The van der Waals surface area contributed by atoms with Gasteiger partial charge in [-0.05, 0) is 35.7 Å². The van der Waals surface area contributed by atoms with E-state index in [1.54, 1.807) is 57.4 Å². The summed E-state index contributed by atoms with van der Waals surface area (Å²) in [5.41, 5.74) is 1.51. The zero-order chi connectivity index (χ0) is 24.0. The first-order chi connectivity index (χ1) is 15.7. The van der Waals surface area contributed by atoms with Gasteiger partial charge in [-0.15, -0.1) is 0 Å². The lowest BCUT2D eigenvalue weighted by Gasteiger charge is -2.20.